The Labute approximate surface area is 95.5 Å². The maximum absolute atomic E-state index is 11.1. The van der Waals surface area contributed by atoms with Crippen molar-refractivity contribution in [1.29, 1.82) is 0 Å². The second-order valence-corrected chi connectivity index (χ2v) is 4.20. The molecule has 0 aliphatic carbocycles. The first kappa shape index (κ1) is 10.1. The first-order valence-corrected chi connectivity index (χ1v) is 5.43. The molecule has 2 rings (SSSR count). The summed E-state index contributed by atoms with van der Waals surface area (Å²) in [4.78, 5) is 15.7. The third-order valence-corrected chi connectivity index (χ3v) is 2.97. The normalized spacial score (nSPS) is 10.2. The molecule has 0 saturated heterocycles. The van der Waals surface area contributed by atoms with Crippen LogP contribution in [0, 0.1) is 0 Å². The first-order chi connectivity index (χ1) is 7.18. The summed E-state index contributed by atoms with van der Waals surface area (Å²) >= 11 is 7.08. The molecular formula is C10H7ClN2OS. The molecular weight excluding hydrogens is 232 g/mol. The van der Waals surface area contributed by atoms with E-state index in [1.165, 1.54) is 11.3 Å². The standard InChI is InChI=1S/C10H7ClN2OS/c11-7-3-1-2-6(4-7)8-9(10(12)14)15-5-13-8/h1-5H,(H2,12,14). The van der Waals surface area contributed by atoms with Gasteiger partial charge in [-0.25, -0.2) is 4.98 Å². The predicted octanol–water partition coefficient (Wildman–Crippen LogP) is 2.56. The number of carbonyl (C=O) groups excluding carboxylic acids is 1. The minimum atomic E-state index is -0.465. The summed E-state index contributed by atoms with van der Waals surface area (Å²) in [5.41, 5.74) is 8.22. The van der Waals surface area contributed by atoms with Gasteiger partial charge in [0.1, 0.15) is 4.88 Å². The number of carbonyl (C=O) groups is 1. The van der Waals surface area contributed by atoms with Crippen molar-refractivity contribution in [3.63, 3.8) is 0 Å². The highest BCUT2D eigenvalue weighted by Gasteiger charge is 2.13. The number of amides is 1. The number of thiazole rings is 1. The van der Waals surface area contributed by atoms with Gasteiger partial charge in [0.05, 0.1) is 11.2 Å². The van der Waals surface area contributed by atoms with E-state index in [4.69, 9.17) is 17.3 Å². The summed E-state index contributed by atoms with van der Waals surface area (Å²) in [6, 6.07) is 7.17. The number of aromatic nitrogens is 1. The average molecular weight is 239 g/mol. The Hall–Kier alpha value is -1.39. The Kier molecular flexibility index (Phi) is 2.70. The molecule has 0 aliphatic heterocycles. The van der Waals surface area contributed by atoms with Gasteiger partial charge >= 0.3 is 0 Å². The van der Waals surface area contributed by atoms with E-state index in [0.29, 0.717) is 15.6 Å². The lowest BCUT2D eigenvalue weighted by molar-refractivity contribution is 0.100. The number of rotatable bonds is 2. The Morgan fingerprint density at radius 3 is 2.93 bits per heavy atom. The second-order valence-electron chi connectivity index (χ2n) is 2.90. The van der Waals surface area contributed by atoms with Crippen LogP contribution in [0.4, 0.5) is 0 Å². The minimum Gasteiger partial charge on any atom is -0.365 e. The molecule has 5 heteroatoms. The number of nitrogens with two attached hydrogens (primary N) is 1. The lowest BCUT2D eigenvalue weighted by Crippen LogP contribution is -2.10. The Balaban J connectivity index is 2.54. The maximum Gasteiger partial charge on any atom is 0.261 e. The van der Waals surface area contributed by atoms with Crippen molar-refractivity contribution in [3.8, 4) is 11.3 Å². The van der Waals surface area contributed by atoms with E-state index < -0.39 is 5.91 Å². The molecule has 1 aromatic heterocycles. The van der Waals surface area contributed by atoms with Crippen LogP contribution in [0.25, 0.3) is 11.3 Å². The van der Waals surface area contributed by atoms with Crippen LogP contribution in [-0.2, 0) is 0 Å². The number of hydrogen-bond acceptors (Lipinski definition) is 3. The van der Waals surface area contributed by atoms with Crippen LogP contribution >= 0.6 is 22.9 Å². The summed E-state index contributed by atoms with van der Waals surface area (Å²) in [7, 11) is 0. The van der Waals surface area contributed by atoms with Crippen molar-refractivity contribution >= 4 is 28.8 Å². The van der Waals surface area contributed by atoms with Gasteiger partial charge in [0, 0.05) is 10.6 Å². The van der Waals surface area contributed by atoms with Crippen molar-refractivity contribution in [2.24, 2.45) is 5.73 Å². The molecule has 1 heterocycles. The zero-order chi connectivity index (χ0) is 10.8. The van der Waals surface area contributed by atoms with Crippen LogP contribution in [0.1, 0.15) is 9.67 Å². The molecule has 0 atom stereocenters. The predicted molar refractivity (Wildman–Crippen MR) is 61.1 cm³/mol. The maximum atomic E-state index is 11.1. The van der Waals surface area contributed by atoms with Crippen LogP contribution in [0.15, 0.2) is 29.8 Å². The van der Waals surface area contributed by atoms with Crippen molar-refractivity contribution in [3.05, 3.63) is 39.7 Å². The molecule has 0 radical (unpaired) electrons. The SMILES string of the molecule is NC(=O)c1scnc1-c1cccc(Cl)c1. The third kappa shape index (κ3) is 2.00. The minimum absolute atomic E-state index is 0.456. The summed E-state index contributed by atoms with van der Waals surface area (Å²) in [6.07, 6.45) is 0. The van der Waals surface area contributed by atoms with Crippen LogP contribution in [0.5, 0.6) is 0 Å². The van der Waals surface area contributed by atoms with Crippen LogP contribution < -0.4 is 5.73 Å². The highest BCUT2D eigenvalue weighted by Crippen LogP contribution is 2.26. The Bertz CT molecular complexity index is 510. The molecule has 0 saturated carbocycles. The number of nitrogens with zero attached hydrogens (tertiary/aromatic N) is 1. The first-order valence-electron chi connectivity index (χ1n) is 4.17. The summed E-state index contributed by atoms with van der Waals surface area (Å²) in [5.74, 6) is -0.465. The van der Waals surface area contributed by atoms with Crippen LogP contribution in [0.2, 0.25) is 5.02 Å². The van der Waals surface area contributed by atoms with E-state index >= 15 is 0 Å². The average Bonchev–Trinajstić information content (AvgIpc) is 2.65. The Morgan fingerprint density at radius 1 is 1.47 bits per heavy atom. The monoisotopic (exact) mass is 238 g/mol. The molecule has 2 N–H and O–H groups in total. The van der Waals surface area contributed by atoms with Crippen molar-refractivity contribution in [2.75, 3.05) is 0 Å². The van der Waals surface area contributed by atoms with E-state index in [0.717, 1.165) is 5.56 Å². The molecule has 1 aromatic carbocycles. The smallest absolute Gasteiger partial charge is 0.261 e. The number of halogens is 1. The fourth-order valence-corrected chi connectivity index (χ4v) is 2.11. The molecule has 1 amide bonds. The summed E-state index contributed by atoms with van der Waals surface area (Å²) in [5, 5.41) is 0.607. The van der Waals surface area contributed by atoms with Crippen molar-refractivity contribution < 1.29 is 4.79 Å². The van der Waals surface area contributed by atoms with E-state index in [-0.39, 0.29) is 0 Å². The largest absolute Gasteiger partial charge is 0.365 e. The molecule has 0 fully saturated rings. The topological polar surface area (TPSA) is 56.0 Å². The van der Waals surface area contributed by atoms with E-state index in [9.17, 15) is 4.79 Å². The van der Waals surface area contributed by atoms with Gasteiger partial charge in [0.15, 0.2) is 0 Å². The van der Waals surface area contributed by atoms with Gasteiger partial charge in [0.25, 0.3) is 5.91 Å². The molecule has 15 heavy (non-hydrogen) atoms. The lowest BCUT2D eigenvalue weighted by atomic mass is 10.1. The quantitative estimate of drug-likeness (QED) is 0.874. The number of primary amides is 1. The lowest BCUT2D eigenvalue weighted by Gasteiger charge is -1.99. The molecule has 0 unspecified atom stereocenters. The molecule has 0 aliphatic rings. The van der Waals surface area contributed by atoms with Gasteiger partial charge in [-0.1, -0.05) is 23.7 Å². The Morgan fingerprint density at radius 2 is 2.27 bits per heavy atom. The molecule has 0 spiro atoms. The van der Waals surface area contributed by atoms with Gasteiger partial charge in [-0.15, -0.1) is 11.3 Å². The molecule has 0 bridgehead atoms. The van der Waals surface area contributed by atoms with E-state index in [1.807, 2.05) is 12.1 Å². The van der Waals surface area contributed by atoms with Gasteiger partial charge < -0.3 is 5.73 Å². The zero-order valence-corrected chi connectivity index (χ0v) is 9.18. The molecule has 2 aromatic rings. The highest BCUT2D eigenvalue weighted by atomic mass is 35.5. The number of hydrogen-bond donors (Lipinski definition) is 1. The second kappa shape index (κ2) is 4.00. The number of benzene rings is 1. The fourth-order valence-electron chi connectivity index (χ4n) is 1.26. The van der Waals surface area contributed by atoms with Gasteiger partial charge in [-0.05, 0) is 12.1 Å². The molecule has 76 valence electrons. The van der Waals surface area contributed by atoms with E-state index in [2.05, 4.69) is 4.98 Å². The van der Waals surface area contributed by atoms with E-state index in [1.54, 1.807) is 17.6 Å². The van der Waals surface area contributed by atoms with Crippen molar-refractivity contribution in [2.45, 2.75) is 0 Å². The summed E-state index contributed by atoms with van der Waals surface area (Å²) in [6.45, 7) is 0. The fraction of sp³-hybridized carbons (Fsp3) is 0. The van der Waals surface area contributed by atoms with Gasteiger partial charge in [-0.2, -0.15) is 0 Å². The molecule has 3 nitrogen and oxygen atoms in total. The third-order valence-electron chi connectivity index (χ3n) is 1.89. The van der Waals surface area contributed by atoms with Crippen LogP contribution in [0.3, 0.4) is 0 Å². The summed E-state index contributed by atoms with van der Waals surface area (Å²) < 4.78 is 0. The van der Waals surface area contributed by atoms with Gasteiger partial charge in [-0.3, -0.25) is 4.79 Å². The van der Waals surface area contributed by atoms with Crippen LogP contribution in [-0.4, -0.2) is 10.9 Å². The zero-order valence-electron chi connectivity index (χ0n) is 7.61. The van der Waals surface area contributed by atoms with Gasteiger partial charge in [0.2, 0.25) is 0 Å². The highest BCUT2D eigenvalue weighted by molar-refractivity contribution is 7.12. The van der Waals surface area contributed by atoms with Crippen molar-refractivity contribution in [1.82, 2.24) is 4.98 Å².